The van der Waals surface area contributed by atoms with Crippen molar-refractivity contribution in [3.63, 3.8) is 0 Å². The topological polar surface area (TPSA) is 51.8 Å². The van der Waals surface area contributed by atoms with Crippen molar-refractivity contribution < 1.29 is 0 Å². The molecule has 0 bridgehead atoms. The van der Waals surface area contributed by atoms with Gasteiger partial charge in [-0.15, -0.1) is 0 Å². The summed E-state index contributed by atoms with van der Waals surface area (Å²) in [4.78, 5) is 4.23. The lowest BCUT2D eigenvalue weighted by Gasteiger charge is -2.10. The molecule has 0 saturated heterocycles. The number of nitrogens with two attached hydrogens (primary N) is 1. The van der Waals surface area contributed by atoms with Crippen molar-refractivity contribution in [1.29, 1.82) is 0 Å². The maximum atomic E-state index is 5.50. The maximum Gasteiger partial charge on any atom is 0.232 e. The highest BCUT2D eigenvalue weighted by atomic mass is 32.1. The molecule has 0 unspecified atom stereocenters. The number of aromatic nitrogens is 2. The summed E-state index contributed by atoms with van der Waals surface area (Å²) in [5, 5.41) is 1.11. The van der Waals surface area contributed by atoms with Crippen molar-refractivity contribution >= 4 is 17.5 Å². The Balaban J connectivity index is 2.63. The zero-order valence-corrected chi connectivity index (χ0v) is 9.10. The molecule has 1 rings (SSSR count). The summed E-state index contributed by atoms with van der Waals surface area (Å²) in [5.41, 5.74) is 5.50. The first-order chi connectivity index (χ1) is 6.27. The van der Waals surface area contributed by atoms with Crippen molar-refractivity contribution in [3.8, 4) is 0 Å². The summed E-state index contributed by atoms with van der Waals surface area (Å²) >= 11 is 1.45. The largest absolute Gasteiger partial charge is 0.367 e. The van der Waals surface area contributed by atoms with E-state index in [1.54, 1.807) is 0 Å². The first kappa shape index (κ1) is 10.4. The van der Waals surface area contributed by atoms with E-state index in [4.69, 9.17) is 5.73 Å². The third kappa shape index (κ3) is 2.95. The Hall–Kier alpha value is -0.640. The molecule has 0 aliphatic carbocycles. The summed E-state index contributed by atoms with van der Waals surface area (Å²) in [5.74, 6) is 1.00. The Bertz CT molecular complexity index is 241. The monoisotopic (exact) mass is 199 g/mol. The Labute approximate surface area is 83.5 Å². The van der Waals surface area contributed by atoms with E-state index < -0.39 is 0 Å². The molecule has 0 aliphatic heterocycles. The van der Waals surface area contributed by atoms with Gasteiger partial charge in [0.1, 0.15) is 5.01 Å². The van der Waals surface area contributed by atoms with Crippen molar-refractivity contribution in [2.75, 3.05) is 5.73 Å². The van der Waals surface area contributed by atoms with Gasteiger partial charge < -0.3 is 5.73 Å². The molecular weight excluding hydrogens is 182 g/mol. The SMILES string of the molecule is CCCC(CCC)c1nc(N)ns1. The fourth-order valence-electron chi connectivity index (χ4n) is 1.50. The predicted molar refractivity (Wildman–Crippen MR) is 56.9 cm³/mol. The zero-order chi connectivity index (χ0) is 9.68. The lowest BCUT2D eigenvalue weighted by Crippen LogP contribution is -1.98. The molecule has 0 amide bonds. The molecule has 4 heteroatoms. The summed E-state index contributed by atoms with van der Waals surface area (Å²) in [6, 6.07) is 0. The van der Waals surface area contributed by atoms with Crippen LogP contribution in [0, 0.1) is 0 Å². The van der Waals surface area contributed by atoms with Gasteiger partial charge in [0, 0.05) is 5.92 Å². The van der Waals surface area contributed by atoms with E-state index in [0.29, 0.717) is 11.9 Å². The lowest BCUT2D eigenvalue weighted by atomic mass is 9.99. The van der Waals surface area contributed by atoms with Crippen LogP contribution in [0.1, 0.15) is 50.5 Å². The molecule has 0 aliphatic rings. The minimum Gasteiger partial charge on any atom is -0.367 e. The number of hydrogen-bond donors (Lipinski definition) is 1. The lowest BCUT2D eigenvalue weighted by molar-refractivity contribution is 0.558. The number of nitrogens with zero attached hydrogens (tertiary/aromatic N) is 2. The molecule has 0 saturated carbocycles. The molecule has 3 nitrogen and oxygen atoms in total. The summed E-state index contributed by atoms with van der Waals surface area (Å²) in [6.07, 6.45) is 4.79. The quantitative estimate of drug-likeness (QED) is 0.793. The van der Waals surface area contributed by atoms with E-state index in [1.807, 2.05) is 0 Å². The molecular formula is C9H17N3S. The van der Waals surface area contributed by atoms with Crippen LogP contribution in [0.3, 0.4) is 0 Å². The zero-order valence-electron chi connectivity index (χ0n) is 8.29. The van der Waals surface area contributed by atoms with Gasteiger partial charge >= 0.3 is 0 Å². The predicted octanol–water partition coefficient (Wildman–Crippen LogP) is 2.80. The molecule has 0 spiro atoms. The molecule has 0 fully saturated rings. The number of rotatable bonds is 5. The fraction of sp³-hybridized carbons (Fsp3) is 0.778. The summed E-state index contributed by atoms with van der Waals surface area (Å²) in [7, 11) is 0. The number of anilines is 1. The average Bonchev–Trinajstić information content (AvgIpc) is 2.51. The molecule has 13 heavy (non-hydrogen) atoms. The first-order valence-electron chi connectivity index (χ1n) is 4.87. The second-order valence-electron chi connectivity index (χ2n) is 3.27. The van der Waals surface area contributed by atoms with Gasteiger partial charge in [-0.3, -0.25) is 0 Å². The minimum atomic E-state index is 0.428. The molecule has 1 aromatic rings. The molecule has 1 heterocycles. The van der Waals surface area contributed by atoms with Gasteiger partial charge in [-0.2, -0.15) is 4.37 Å². The van der Waals surface area contributed by atoms with Crippen LogP contribution in [0.15, 0.2) is 0 Å². The third-order valence-electron chi connectivity index (χ3n) is 2.08. The van der Waals surface area contributed by atoms with Crippen molar-refractivity contribution in [1.82, 2.24) is 9.36 Å². The maximum absolute atomic E-state index is 5.50. The van der Waals surface area contributed by atoms with Crippen molar-refractivity contribution in [2.24, 2.45) is 0 Å². The van der Waals surface area contributed by atoms with Crippen LogP contribution >= 0.6 is 11.5 Å². The second-order valence-corrected chi connectivity index (χ2v) is 4.05. The van der Waals surface area contributed by atoms with Gasteiger partial charge in [0.25, 0.3) is 0 Å². The van der Waals surface area contributed by atoms with Gasteiger partial charge in [-0.1, -0.05) is 26.7 Å². The normalized spacial score (nSPS) is 11.0. The van der Waals surface area contributed by atoms with Crippen molar-refractivity contribution in [3.05, 3.63) is 5.01 Å². The van der Waals surface area contributed by atoms with Crippen LogP contribution in [0.2, 0.25) is 0 Å². The van der Waals surface area contributed by atoms with E-state index in [0.717, 1.165) is 5.01 Å². The van der Waals surface area contributed by atoms with E-state index in [2.05, 4.69) is 23.2 Å². The smallest absolute Gasteiger partial charge is 0.232 e. The van der Waals surface area contributed by atoms with Crippen molar-refractivity contribution in [2.45, 2.75) is 45.4 Å². The van der Waals surface area contributed by atoms with Crippen LogP contribution in [-0.2, 0) is 0 Å². The number of nitrogen functional groups attached to an aromatic ring is 1. The van der Waals surface area contributed by atoms with E-state index in [9.17, 15) is 0 Å². The van der Waals surface area contributed by atoms with Gasteiger partial charge in [0.15, 0.2) is 0 Å². The molecule has 0 atom stereocenters. The second kappa shape index (κ2) is 5.17. The molecule has 0 aromatic carbocycles. The van der Waals surface area contributed by atoms with Crippen LogP contribution in [0.5, 0.6) is 0 Å². The highest BCUT2D eigenvalue weighted by molar-refractivity contribution is 7.05. The van der Waals surface area contributed by atoms with Gasteiger partial charge in [-0.25, -0.2) is 4.98 Å². The Morgan fingerprint density at radius 3 is 2.31 bits per heavy atom. The first-order valence-corrected chi connectivity index (χ1v) is 5.64. The molecule has 0 radical (unpaired) electrons. The van der Waals surface area contributed by atoms with Gasteiger partial charge in [0.05, 0.1) is 0 Å². The summed E-state index contributed by atoms with van der Waals surface area (Å²) in [6.45, 7) is 4.40. The Morgan fingerprint density at radius 1 is 1.31 bits per heavy atom. The van der Waals surface area contributed by atoms with Crippen LogP contribution in [0.25, 0.3) is 0 Å². The van der Waals surface area contributed by atoms with Crippen LogP contribution in [-0.4, -0.2) is 9.36 Å². The third-order valence-corrected chi connectivity index (χ3v) is 2.97. The van der Waals surface area contributed by atoms with E-state index in [1.165, 1.54) is 37.2 Å². The van der Waals surface area contributed by atoms with Gasteiger partial charge in [-0.05, 0) is 24.4 Å². The van der Waals surface area contributed by atoms with E-state index in [-0.39, 0.29) is 0 Å². The Kier molecular flexibility index (Phi) is 4.15. The molecule has 1 aromatic heterocycles. The highest BCUT2D eigenvalue weighted by Gasteiger charge is 2.13. The van der Waals surface area contributed by atoms with Gasteiger partial charge in [0.2, 0.25) is 5.95 Å². The highest BCUT2D eigenvalue weighted by Crippen LogP contribution is 2.27. The molecule has 74 valence electrons. The van der Waals surface area contributed by atoms with Crippen LogP contribution < -0.4 is 5.73 Å². The van der Waals surface area contributed by atoms with Crippen LogP contribution in [0.4, 0.5) is 5.95 Å². The standard InChI is InChI=1S/C9H17N3S/c1-3-5-7(6-4-2)8-11-9(10)12-13-8/h7H,3-6H2,1-2H3,(H2,10,12). The Morgan fingerprint density at radius 2 is 1.92 bits per heavy atom. The summed E-state index contributed by atoms with van der Waals surface area (Å²) < 4.78 is 4.01. The fourth-order valence-corrected chi connectivity index (χ4v) is 2.25. The minimum absolute atomic E-state index is 0.428. The average molecular weight is 199 g/mol. The molecule has 2 N–H and O–H groups in total. The van der Waals surface area contributed by atoms with E-state index >= 15 is 0 Å². The number of hydrogen-bond acceptors (Lipinski definition) is 4.